The maximum absolute atomic E-state index is 12.8. The van der Waals surface area contributed by atoms with Crippen molar-refractivity contribution >= 4 is 11.9 Å². The zero-order chi connectivity index (χ0) is 20.6. The first kappa shape index (κ1) is 19.3. The van der Waals surface area contributed by atoms with Gasteiger partial charge < -0.3 is 19.5 Å². The van der Waals surface area contributed by atoms with Gasteiger partial charge in [-0.05, 0) is 25.5 Å². The number of rotatable bonds is 5. The van der Waals surface area contributed by atoms with Crippen molar-refractivity contribution in [3.8, 4) is 11.5 Å². The van der Waals surface area contributed by atoms with Gasteiger partial charge in [0, 0.05) is 31.0 Å². The molecule has 0 saturated carbocycles. The molecular weight excluding hydrogens is 370 g/mol. The summed E-state index contributed by atoms with van der Waals surface area (Å²) in [6.07, 6.45) is 0.790. The Kier molecular flexibility index (Phi) is 4.94. The van der Waals surface area contributed by atoms with Crippen molar-refractivity contribution in [3.05, 3.63) is 59.7 Å². The van der Waals surface area contributed by atoms with Crippen LogP contribution in [-0.2, 0) is 16.0 Å². The summed E-state index contributed by atoms with van der Waals surface area (Å²) in [4.78, 5) is 26.1. The molecule has 4 rings (SSSR count). The fourth-order valence-electron chi connectivity index (χ4n) is 4.23. The van der Waals surface area contributed by atoms with E-state index < -0.39 is 11.9 Å². The summed E-state index contributed by atoms with van der Waals surface area (Å²) in [6.45, 7) is 4.45. The molecule has 1 fully saturated rings. The molecule has 2 aromatic carbocycles. The van der Waals surface area contributed by atoms with Crippen molar-refractivity contribution in [3.63, 3.8) is 0 Å². The standard InChI is InChI=1S/C23H25NO5/c1-23(2)11-16-9-6-10-19(21(16)29-23)28-14-20(25)24-12-17(18(13-24)22(26)27)15-7-4-3-5-8-15/h3-10,17-18H,11-14H2,1-2H3,(H,26,27). The largest absolute Gasteiger partial charge is 0.483 e. The molecule has 2 heterocycles. The average molecular weight is 395 g/mol. The lowest BCUT2D eigenvalue weighted by Gasteiger charge is -2.19. The molecule has 6 heteroatoms. The van der Waals surface area contributed by atoms with Crippen LogP contribution in [0, 0.1) is 5.92 Å². The third kappa shape index (κ3) is 3.92. The van der Waals surface area contributed by atoms with Gasteiger partial charge in [0.15, 0.2) is 18.1 Å². The van der Waals surface area contributed by atoms with Gasteiger partial charge in [0.05, 0.1) is 5.92 Å². The van der Waals surface area contributed by atoms with Gasteiger partial charge in [-0.25, -0.2) is 0 Å². The van der Waals surface area contributed by atoms with Crippen LogP contribution in [0.5, 0.6) is 11.5 Å². The van der Waals surface area contributed by atoms with Gasteiger partial charge in [-0.15, -0.1) is 0 Å². The molecule has 1 saturated heterocycles. The van der Waals surface area contributed by atoms with E-state index in [1.807, 2.05) is 56.3 Å². The van der Waals surface area contributed by atoms with Crippen LogP contribution in [0.25, 0.3) is 0 Å². The van der Waals surface area contributed by atoms with E-state index in [1.165, 1.54) is 0 Å². The summed E-state index contributed by atoms with van der Waals surface area (Å²) in [5, 5.41) is 9.62. The average Bonchev–Trinajstić information content (AvgIpc) is 3.27. The van der Waals surface area contributed by atoms with Crippen LogP contribution in [-0.4, -0.2) is 47.2 Å². The fourth-order valence-corrected chi connectivity index (χ4v) is 4.23. The third-order valence-electron chi connectivity index (χ3n) is 5.62. The quantitative estimate of drug-likeness (QED) is 0.842. The number of amides is 1. The first-order valence-electron chi connectivity index (χ1n) is 9.83. The molecule has 6 nitrogen and oxygen atoms in total. The Morgan fingerprint density at radius 3 is 2.62 bits per heavy atom. The molecule has 29 heavy (non-hydrogen) atoms. The van der Waals surface area contributed by atoms with Crippen molar-refractivity contribution in [2.75, 3.05) is 19.7 Å². The molecule has 2 aliphatic rings. The number of benzene rings is 2. The first-order chi connectivity index (χ1) is 13.8. The van der Waals surface area contributed by atoms with Crippen molar-refractivity contribution in [2.45, 2.75) is 31.8 Å². The van der Waals surface area contributed by atoms with Crippen molar-refractivity contribution in [1.29, 1.82) is 0 Å². The van der Waals surface area contributed by atoms with Gasteiger partial charge in [-0.3, -0.25) is 9.59 Å². The summed E-state index contributed by atoms with van der Waals surface area (Å²) in [7, 11) is 0. The summed E-state index contributed by atoms with van der Waals surface area (Å²) < 4.78 is 11.8. The van der Waals surface area contributed by atoms with E-state index in [9.17, 15) is 14.7 Å². The smallest absolute Gasteiger partial charge is 0.308 e. The molecule has 2 aliphatic heterocycles. The van der Waals surface area contributed by atoms with Crippen LogP contribution < -0.4 is 9.47 Å². The summed E-state index contributed by atoms with van der Waals surface area (Å²) >= 11 is 0. The van der Waals surface area contributed by atoms with Crippen LogP contribution in [0.2, 0.25) is 0 Å². The monoisotopic (exact) mass is 395 g/mol. The zero-order valence-corrected chi connectivity index (χ0v) is 16.6. The number of nitrogens with zero attached hydrogens (tertiary/aromatic N) is 1. The Balaban J connectivity index is 1.44. The Morgan fingerprint density at radius 2 is 1.90 bits per heavy atom. The van der Waals surface area contributed by atoms with Gasteiger partial charge in [0.1, 0.15) is 5.60 Å². The Bertz CT molecular complexity index is 924. The van der Waals surface area contributed by atoms with E-state index in [4.69, 9.17) is 9.47 Å². The second-order valence-electron chi connectivity index (χ2n) is 8.33. The predicted octanol–water partition coefficient (Wildman–Crippen LogP) is 3.11. The van der Waals surface area contributed by atoms with Gasteiger partial charge >= 0.3 is 5.97 Å². The van der Waals surface area contributed by atoms with Crippen LogP contribution in [0.1, 0.15) is 30.9 Å². The van der Waals surface area contributed by atoms with Gasteiger partial charge in [0.2, 0.25) is 0 Å². The number of likely N-dealkylation sites (tertiary alicyclic amines) is 1. The lowest BCUT2D eigenvalue weighted by molar-refractivity contribution is -0.142. The molecule has 1 amide bonds. The topological polar surface area (TPSA) is 76.1 Å². The van der Waals surface area contributed by atoms with E-state index >= 15 is 0 Å². The van der Waals surface area contributed by atoms with Gasteiger partial charge in [-0.1, -0.05) is 42.5 Å². The lowest BCUT2D eigenvalue weighted by Crippen LogP contribution is -2.34. The molecule has 0 aliphatic carbocycles. The SMILES string of the molecule is CC1(C)Cc2cccc(OCC(=O)N3CC(C(=O)O)C(c4ccccc4)C3)c2O1. The Hall–Kier alpha value is -3.02. The molecule has 0 radical (unpaired) electrons. The van der Waals surface area contributed by atoms with E-state index in [-0.39, 0.29) is 30.6 Å². The number of para-hydroxylation sites is 1. The fraction of sp³-hybridized carbons (Fsp3) is 0.391. The number of carboxylic acid groups (broad SMARTS) is 1. The van der Waals surface area contributed by atoms with Crippen LogP contribution in [0.3, 0.4) is 0 Å². The highest BCUT2D eigenvalue weighted by Gasteiger charge is 2.40. The Labute approximate surface area is 170 Å². The van der Waals surface area contributed by atoms with Crippen LogP contribution in [0.15, 0.2) is 48.5 Å². The minimum Gasteiger partial charge on any atom is -0.483 e. The number of carboxylic acids is 1. The predicted molar refractivity (Wildman–Crippen MR) is 107 cm³/mol. The molecular formula is C23H25NO5. The van der Waals surface area contributed by atoms with E-state index in [0.29, 0.717) is 18.0 Å². The molecule has 2 aromatic rings. The summed E-state index contributed by atoms with van der Waals surface area (Å²) in [6, 6.07) is 15.2. The van der Waals surface area contributed by atoms with Crippen molar-refractivity contribution < 1.29 is 24.2 Å². The molecule has 0 aromatic heterocycles. The summed E-state index contributed by atoms with van der Waals surface area (Å²) in [5.41, 5.74) is 1.71. The van der Waals surface area contributed by atoms with E-state index in [2.05, 4.69) is 0 Å². The number of carbonyl (C=O) groups is 2. The third-order valence-corrected chi connectivity index (χ3v) is 5.62. The van der Waals surface area contributed by atoms with Crippen LogP contribution >= 0.6 is 0 Å². The number of fused-ring (bicyclic) bond motifs is 1. The molecule has 2 atom stereocenters. The second kappa shape index (κ2) is 7.43. The zero-order valence-electron chi connectivity index (χ0n) is 16.6. The van der Waals surface area contributed by atoms with Gasteiger partial charge in [-0.2, -0.15) is 0 Å². The molecule has 0 spiro atoms. The highest BCUT2D eigenvalue weighted by Crippen LogP contribution is 2.41. The highest BCUT2D eigenvalue weighted by atomic mass is 16.5. The molecule has 152 valence electrons. The molecule has 0 bridgehead atoms. The van der Waals surface area contributed by atoms with Crippen molar-refractivity contribution in [1.82, 2.24) is 4.90 Å². The number of hydrogen-bond acceptors (Lipinski definition) is 4. The van der Waals surface area contributed by atoms with Crippen LogP contribution in [0.4, 0.5) is 0 Å². The first-order valence-corrected chi connectivity index (χ1v) is 9.83. The summed E-state index contributed by atoms with van der Waals surface area (Å²) in [5.74, 6) is -0.697. The minimum atomic E-state index is -0.883. The number of carbonyl (C=O) groups excluding carboxylic acids is 1. The Morgan fingerprint density at radius 1 is 1.14 bits per heavy atom. The van der Waals surface area contributed by atoms with Gasteiger partial charge in [0.25, 0.3) is 5.91 Å². The molecule has 1 N–H and O–H groups in total. The van der Waals surface area contributed by atoms with Crippen molar-refractivity contribution in [2.24, 2.45) is 5.92 Å². The maximum Gasteiger partial charge on any atom is 0.308 e. The van der Waals surface area contributed by atoms with E-state index in [1.54, 1.807) is 11.0 Å². The maximum atomic E-state index is 12.8. The highest BCUT2D eigenvalue weighted by molar-refractivity contribution is 5.81. The number of aliphatic carboxylic acids is 1. The normalized spacial score (nSPS) is 22.1. The minimum absolute atomic E-state index is 0.145. The molecule has 2 unspecified atom stereocenters. The lowest BCUT2D eigenvalue weighted by atomic mass is 9.89. The second-order valence-corrected chi connectivity index (χ2v) is 8.33. The number of ether oxygens (including phenoxy) is 2. The number of hydrogen-bond donors (Lipinski definition) is 1. The van der Waals surface area contributed by atoms with E-state index in [0.717, 1.165) is 17.5 Å².